The number of ether oxygens (including phenoxy) is 1. The minimum absolute atomic E-state index is 0.00575. The first-order chi connectivity index (χ1) is 25.8. The molecule has 0 saturated carbocycles. The summed E-state index contributed by atoms with van der Waals surface area (Å²) in [5.41, 5.74) is 5.28. The summed E-state index contributed by atoms with van der Waals surface area (Å²) in [6, 6.07) is 0.251. The van der Waals surface area contributed by atoms with Crippen LogP contribution >= 0.6 is 35.2 Å². The summed E-state index contributed by atoms with van der Waals surface area (Å²) >= 11 is 1.85. The SMILES string of the molecule is Nc1nc(=O)n(C2CC(O)C(COP(=O)(O)OP(=O)(O)OP(=O)(O)O)O2)cc1C=CCNC(=O)CCCCCNC(=O)CCCCC1SCC2NC(=O)NC21. The van der Waals surface area contributed by atoms with Crippen molar-refractivity contribution < 1.29 is 70.6 Å². The van der Waals surface area contributed by atoms with Gasteiger partial charge >= 0.3 is 35.2 Å². The number of fused-ring (bicyclic) bond motifs is 1. The van der Waals surface area contributed by atoms with E-state index in [1.54, 1.807) is 6.08 Å². The molecular formula is C28H46N7O16P3S. The first kappa shape index (κ1) is 45.0. The van der Waals surface area contributed by atoms with Gasteiger partial charge in [-0.2, -0.15) is 25.4 Å². The minimum atomic E-state index is -5.75. The Hall–Kier alpha value is -2.69. The fourth-order valence-corrected chi connectivity index (χ4v) is 10.5. The van der Waals surface area contributed by atoms with Crippen molar-refractivity contribution in [3.63, 3.8) is 0 Å². The van der Waals surface area contributed by atoms with Crippen molar-refractivity contribution >= 4 is 65.0 Å². The average Bonchev–Trinajstić information content (AvgIpc) is 3.74. The molecule has 4 heterocycles. The van der Waals surface area contributed by atoms with Crippen LogP contribution in [0.15, 0.2) is 17.1 Å². The fraction of sp³-hybridized carbons (Fsp3) is 0.679. The number of carbonyl (C=O) groups is 3. The molecule has 3 aliphatic rings. The maximum atomic E-state index is 12.6. The molecule has 0 radical (unpaired) electrons. The Morgan fingerprint density at radius 3 is 2.45 bits per heavy atom. The van der Waals surface area contributed by atoms with Gasteiger partial charge in [-0.1, -0.05) is 25.0 Å². The zero-order chi connectivity index (χ0) is 40.4. The number of nitrogen functional groups attached to an aromatic ring is 1. The molecule has 1 aromatic rings. The topological polar surface area (TPSA) is 350 Å². The molecule has 3 saturated heterocycles. The van der Waals surface area contributed by atoms with Gasteiger partial charge < -0.3 is 56.4 Å². The molecule has 4 rings (SSSR count). The molecule has 0 aliphatic carbocycles. The molecule has 4 amide bonds. The fourth-order valence-electron chi connectivity index (χ4n) is 5.96. The van der Waals surface area contributed by atoms with Crippen LogP contribution in [0.3, 0.4) is 0 Å². The number of unbranched alkanes of at least 4 members (excludes halogenated alkanes) is 3. The first-order valence-corrected chi connectivity index (χ1v) is 22.8. The molecule has 55 heavy (non-hydrogen) atoms. The highest BCUT2D eigenvalue weighted by atomic mass is 32.2. The Balaban J connectivity index is 1.09. The number of rotatable bonds is 22. The second-order valence-electron chi connectivity index (χ2n) is 12.8. The number of phosphoric ester groups is 1. The molecule has 3 fully saturated rings. The van der Waals surface area contributed by atoms with Crippen LogP contribution in [-0.2, 0) is 41.2 Å². The third-order valence-electron chi connectivity index (χ3n) is 8.54. The highest BCUT2D eigenvalue weighted by Gasteiger charge is 2.44. The molecule has 23 nitrogen and oxygen atoms in total. The highest BCUT2D eigenvalue weighted by molar-refractivity contribution is 8.00. The number of hydrogen-bond donors (Lipinski definition) is 10. The number of urea groups is 1. The second kappa shape index (κ2) is 20.1. The second-order valence-corrected chi connectivity index (χ2v) is 18.5. The predicted molar refractivity (Wildman–Crippen MR) is 195 cm³/mol. The number of thioether (sulfide) groups is 1. The Morgan fingerprint density at radius 2 is 1.73 bits per heavy atom. The number of aliphatic hydroxyl groups is 1. The lowest BCUT2D eigenvalue weighted by molar-refractivity contribution is -0.122. The van der Waals surface area contributed by atoms with E-state index in [9.17, 15) is 47.8 Å². The van der Waals surface area contributed by atoms with E-state index in [0.717, 1.165) is 42.4 Å². The molecule has 1 aromatic heterocycles. The number of amides is 4. The first-order valence-electron chi connectivity index (χ1n) is 17.2. The quantitative estimate of drug-likeness (QED) is 0.0427. The minimum Gasteiger partial charge on any atom is -0.390 e. The van der Waals surface area contributed by atoms with Gasteiger partial charge in [-0.15, -0.1) is 0 Å². The van der Waals surface area contributed by atoms with Gasteiger partial charge in [0.25, 0.3) is 0 Å². The maximum absolute atomic E-state index is 12.6. The maximum Gasteiger partial charge on any atom is 0.490 e. The normalized spacial score (nSPS) is 25.9. The van der Waals surface area contributed by atoms with E-state index in [0.29, 0.717) is 24.6 Å². The van der Waals surface area contributed by atoms with Gasteiger partial charge in [-0.05, 0) is 25.7 Å². The van der Waals surface area contributed by atoms with Crippen molar-refractivity contribution in [1.82, 2.24) is 30.8 Å². The van der Waals surface area contributed by atoms with E-state index in [4.69, 9.17) is 20.3 Å². The number of nitrogens with zero attached hydrogens (tertiary/aromatic N) is 2. The molecule has 3 aliphatic heterocycles. The molecular weight excluding hydrogens is 815 g/mol. The van der Waals surface area contributed by atoms with Gasteiger partial charge in [0.05, 0.1) is 24.8 Å². The lowest BCUT2D eigenvalue weighted by Crippen LogP contribution is -2.36. The highest BCUT2D eigenvalue weighted by Crippen LogP contribution is 2.66. The van der Waals surface area contributed by atoms with Gasteiger partial charge in [-0.25, -0.2) is 23.3 Å². The molecule has 8 unspecified atom stereocenters. The zero-order valence-corrected chi connectivity index (χ0v) is 32.8. The van der Waals surface area contributed by atoms with Crippen LogP contribution in [0.1, 0.15) is 69.6 Å². The van der Waals surface area contributed by atoms with E-state index in [-0.39, 0.29) is 60.7 Å². The molecule has 310 valence electrons. The predicted octanol–water partition coefficient (Wildman–Crippen LogP) is 0.349. The molecule has 0 aromatic carbocycles. The van der Waals surface area contributed by atoms with Crippen LogP contribution in [0.4, 0.5) is 10.6 Å². The summed E-state index contributed by atoms with van der Waals surface area (Å²) in [4.78, 5) is 88.4. The monoisotopic (exact) mass is 861 g/mol. The van der Waals surface area contributed by atoms with E-state index in [2.05, 4.69) is 39.4 Å². The van der Waals surface area contributed by atoms with Gasteiger partial charge in [0, 0.05) is 55.1 Å². The number of phosphoric acid groups is 3. The van der Waals surface area contributed by atoms with Gasteiger partial charge in [0.15, 0.2) is 0 Å². The van der Waals surface area contributed by atoms with Crippen LogP contribution in [0.25, 0.3) is 6.08 Å². The van der Waals surface area contributed by atoms with Crippen molar-refractivity contribution in [2.75, 3.05) is 31.2 Å². The van der Waals surface area contributed by atoms with E-state index >= 15 is 0 Å². The molecule has 0 bridgehead atoms. The van der Waals surface area contributed by atoms with E-state index < -0.39 is 54.2 Å². The molecule has 8 atom stereocenters. The van der Waals surface area contributed by atoms with Crippen molar-refractivity contribution in [2.45, 2.75) is 93.6 Å². The Kier molecular flexibility index (Phi) is 16.5. The van der Waals surface area contributed by atoms with Gasteiger partial charge in [0.1, 0.15) is 18.1 Å². The lowest BCUT2D eigenvalue weighted by atomic mass is 10.0. The van der Waals surface area contributed by atoms with Crippen LogP contribution in [0.2, 0.25) is 0 Å². The molecule has 0 spiro atoms. The Bertz CT molecular complexity index is 1760. The third kappa shape index (κ3) is 15.0. The largest absolute Gasteiger partial charge is 0.490 e. The van der Waals surface area contributed by atoms with Crippen LogP contribution < -0.4 is 32.7 Å². The van der Waals surface area contributed by atoms with Crippen molar-refractivity contribution in [2.24, 2.45) is 0 Å². The number of carbonyl (C=O) groups excluding carboxylic acids is 3. The molecule has 27 heteroatoms. The number of aliphatic hydroxyl groups excluding tert-OH is 1. The van der Waals surface area contributed by atoms with E-state index in [1.807, 2.05) is 11.8 Å². The average molecular weight is 862 g/mol. The summed E-state index contributed by atoms with van der Waals surface area (Å²) in [6.45, 7) is -0.277. The number of hydrogen-bond acceptors (Lipinski definition) is 15. The number of nitrogens with one attached hydrogen (secondary N) is 4. The van der Waals surface area contributed by atoms with Crippen LogP contribution in [-0.4, -0.2) is 107 Å². The molecule has 11 N–H and O–H groups in total. The smallest absolute Gasteiger partial charge is 0.390 e. The lowest BCUT2D eigenvalue weighted by Gasteiger charge is -2.19. The van der Waals surface area contributed by atoms with Crippen LogP contribution in [0, 0.1) is 0 Å². The van der Waals surface area contributed by atoms with Crippen LogP contribution in [0.5, 0.6) is 0 Å². The Labute approximate surface area is 319 Å². The standard InChI is InChI=1S/C28H46N7O16P3S/c29-26-17(14-35(28(40)34-26)24-13-19(36)20(49-24)15-48-53(44,45)51-54(46,47)50-52(41,42)43)7-6-12-31-22(37)9-2-1-5-11-30-23(38)10-4-3-8-21-25-18(16-55-21)32-27(39)33-25/h6-7,14,18-21,24-25,36H,1-5,8-13,15-16H2,(H,30,38)(H,31,37)(H,44,45)(H,46,47)(H2,29,34,40)(H2,32,33,39)(H2,41,42,43). The van der Waals surface area contributed by atoms with E-state index in [1.165, 1.54) is 12.3 Å². The zero-order valence-electron chi connectivity index (χ0n) is 29.3. The summed E-state index contributed by atoms with van der Waals surface area (Å²) in [6.07, 6.45) is 5.63. The number of nitrogens with two attached hydrogens (primary N) is 1. The summed E-state index contributed by atoms with van der Waals surface area (Å²) in [7, 11) is -16.8. The van der Waals surface area contributed by atoms with Crippen molar-refractivity contribution in [1.29, 1.82) is 0 Å². The van der Waals surface area contributed by atoms with Gasteiger partial charge in [0.2, 0.25) is 11.8 Å². The number of anilines is 1. The van der Waals surface area contributed by atoms with Crippen molar-refractivity contribution in [3.05, 3.63) is 28.3 Å². The Morgan fingerprint density at radius 1 is 1.02 bits per heavy atom. The van der Waals surface area contributed by atoms with Crippen molar-refractivity contribution in [3.8, 4) is 0 Å². The third-order valence-corrected chi connectivity index (χ3v) is 13.9. The summed E-state index contributed by atoms with van der Waals surface area (Å²) in [5.74, 6) is 0.568. The number of aromatic nitrogens is 2. The summed E-state index contributed by atoms with van der Waals surface area (Å²) in [5, 5.41) is 22.3. The van der Waals surface area contributed by atoms with Gasteiger partial charge in [-0.3, -0.25) is 18.7 Å². The summed E-state index contributed by atoms with van der Waals surface area (Å²) < 4.78 is 52.6.